The van der Waals surface area contributed by atoms with Crippen molar-refractivity contribution in [1.82, 2.24) is 10.2 Å². The van der Waals surface area contributed by atoms with Crippen molar-refractivity contribution < 1.29 is 28.7 Å². The molecule has 8 nitrogen and oxygen atoms in total. The van der Waals surface area contributed by atoms with E-state index in [0.29, 0.717) is 5.56 Å². The summed E-state index contributed by atoms with van der Waals surface area (Å²) in [7, 11) is 1.56. The van der Waals surface area contributed by atoms with Gasteiger partial charge in [0, 0.05) is 28.8 Å². The van der Waals surface area contributed by atoms with Crippen molar-refractivity contribution in [2.24, 2.45) is 5.41 Å². The lowest BCUT2D eigenvalue weighted by molar-refractivity contribution is 0.0165. The number of carbonyl (C=O) groups is 5. The molecule has 1 N–H and O–H groups in total. The predicted molar refractivity (Wildman–Crippen MR) is 133 cm³/mol. The van der Waals surface area contributed by atoms with Crippen LogP contribution in [0.4, 0.5) is 0 Å². The highest BCUT2D eigenvalue weighted by molar-refractivity contribution is 6.37. The fourth-order valence-electron chi connectivity index (χ4n) is 7.91. The quantitative estimate of drug-likeness (QED) is 0.464. The first kappa shape index (κ1) is 21.8. The minimum atomic E-state index is -1.91. The normalized spacial score (nSPS) is 29.3. The molecule has 8 heteroatoms. The van der Waals surface area contributed by atoms with E-state index in [2.05, 4.69) is 5.32 Å². The van der Waals surface area contributed by atoms with Crippen LogP contribution in [0.3, 0.4) is 0 Å². The maximum atomic E-state index is 14.5. The molecular weight excluding hydrogens is 484 g/mol. The summed E-state index contributed by atoms with van der Waals surface area (Å²) >= 11 is 0. The van der Waals surface area contributed by atoms with Crippen molar-refractivity contribution in [2.75, 3.05) is 13.6 Å². The number of fused-ring (bicyclic) bond motifs is 5. The van der Waals surface area contributed by atoms with Crippen LogP contribution in [0.2, 0.25) is 0 Å². The van der Waals surface area contributed by atoms with Gasteiger partial charge in [-0.25, -0.2) is 0 Å². The molecule has 2 saturated heterocycles. The lowest BCUT2D eigenvalue weighted by atomic mass is 9.65. The number of para-hydroxylation sites is 1. The van der Waals surface area contributed by atoms with Gasteiger partial charge in [0.05, 0.1) is 11.6 Å². The number of nitrogens with one attached hydrogen (secondary N) is 1. The number of ketones is 5. The van der Waals surface area contributed by atoms with E-state index >= 15 is 0 Å². The number of rotatable bonds is 0. The van der Waals surface area contributed by atoms with Crippen LogP contribution in [-0.4, -0.2) is 70.6 Å². The molecule has 0 aromatic heterocycles. The number of ether oxygens (including phenoxy) is 1. The highest BCUT2D eigenvalue weighted by atomic mass is 16.5. The van der Waals surface area contributed by atoms with Crippen LogP contribution in [0.15, 0.2) is 72.8 Å². The van der Waals surface area contributed by atoms with E-state index in [-0.39, 0.29) is 40.3 Å². The number of hydrogen-bond acceptors (Lipinski definition) is 8. The lowest BCUT2D eigenvalue weighted by Gasteiger charge is -2.41. The van der Waals surface area contributed by atoms with Crippen LogP contribution in [-0.2, 0) is 0 Å². The Hall–Kier alpha value is -4.27. The fraction of sp³-hybridized carbons (Fsp3) is 0.233. The molecule has 3 spiro atoms. The SMILES string of the molecule is CN1[C@@H]2C3(NC[C@@]24C(=O)c2ccccc2O[C@H]4C12C(=O)c1ccccc1C2=O)C(=O)c1ccccc1C3=O. The number of likely N-dealkylation sites (N-methyl/N-ethyl adjacent to an activating group) is 1. The summed E-state index contributed by atoms with van der Waals surface area (Å²) in [4.78, 5) is 72.8. The summed E-state index contributed by atoms with van der Waals surface area (Å²) in [5.74, 6) is -1.99. The highest BCUT2D eigenvalue weighted by Crippen LogP contribution is 2.62. The molecule has 0 radical (unpaired) electrons. The number of carbonyl (C=O) groups excluding carboxylic acids is 5. The largest absolute Gasteiger partial charge is 0.486 e. The molecule has 3 aromatic rings. The number of Topliss-reactive ketones (excluding diaryl/α,β-unsaturated/α-hetero) is 5. The second-order valence-corrected chi connectivity index (χ2v) is 10.7. The Morgan fingerprint density at radius 2 is 1.16 bits per heavy atom. The monoisotopic (exact) mass is 504 g/mol. The van der Waals surface area contributed by atoms with E-state index in [0.717, 1.165) is 0 Å². The topological polar surface area (TPSA) is 110 Å². The lowest BCUT2D eigenvalue weighted by Crippen LogP contribution is -2.67. The van der Waals surface area contributed by atoms with Gasteiger partial charge in [-0.3, -0.25) is 34.2 Å². The first-order valence-electron chi connectivity index (χ1n) is 12.5. The Morgan fingerprint density at radius 1 is 0.684 bits per heavy atom. The summed E-state index contributed by atoms with van der Waals surface area (Å²) in [5, 5.41) is 3.16. The third-order valence-electron chi connectivity index (χ3n) is 9.39. The maximum absolute atomic E-state index is 14.5. The molecule has 2 fully saturated rings. The fourth-order valence-corrected chi connectivity index (χ4v) is 7.91. The van der Waals surface area contributed by atoms with Crippen molar-refractivity contribution in [3.63, 3.8) is 0 Å². The van der Waals surface area contributed by atoms with E-state index in [1.807, 2.05) is 0 Å². The summed E-state index contributed by atoms with van der Waals surface area (Å²) < 4.78 is 6.49. The number of benzene rings is 3. The molecule has 8 rings (SSSR count). The molecule has 3 atom stereocenters. The summed E-state index contributed by atoms with van der Waals surface area (Å²) in [5.41, 5.74) is -4.03. The van der Waals surface area contributed by atoms with Crippen molar-refractivity contribution in [3.05, 3.63) is 101 Å². The Kier molecular flexibility index (Phi) is 3.78. The minimum absolute atomic E-state index is 0.107. The number of likely N-dealkylation sites (tertiary alicyclic amines) is 1. The van der Waals surface area contributed by atoms with Gasteiger partial charge in [-0.1, -0.05) is 60.7 Å². The third-order valence-corrected chi connectivity index (χ3v) is 9.39. The summed E-state index contributed by atoms with van der Waals surface area (Å²) in [6.07, 6.45) is -1.25. The van der Waals surface area contributed by atoms with Crippen LogP contribution in [0.1, 0.15) is 51.8 Å². The molecule has 186 valence electrons. The second kappa shape index (κ2) is 6.59. The van der Waals surface area contributed by atoms with Gasteiger partial charge in [-0.2, -0.15) is 0 Å². The Morgan fingerprint density at radius 3 is 1.71 bits per heavy atom. The Bertz CT molecular complexity index is 1640. The van der Waals surface area contributed by atoms with E-state index in [9.17, 15) is 24.0 Å². The van der Waals surface area contributed by atoms with E-state index in [1.54, 1.807) is 79.8 Å². The molecule has 3 aliphatic heterocycles. The van der Waals surface area contributed by atoms with Crippen LogP contribution in [0.25, 0.3) is 0 Å². The standard InChI is InChI=1S/C30H20N2O6/c1-32-26-28(14-31-29(26)22(34)15-8-2-3-9-16(15)23(29)35)21(33)19-12-6-7-13-20(19)38-27(28)30(32)24(36)17-10-4-5-11-18(17)25(30)37/h2-13,26-27,31H,14H2,1H3/t26-,27+,28+/m0/s1. The average molecular weight is 504 g/mol. The van der Waals surface area contributed by atoms with Gasteiger partial charge in [-0.05, 0) is 19.2 Å². The molecule has 0 saturated carbocycles. The zero-order valence-corrected chi connectivity index (χ0v) is 20.2. The molecule has 3 heterocycles. The zero-order chi connectivity index (χ0) is 26.2. The molecule has 5 aliphatic rings. The minimum Gasteiger partial charge on any atom is -0.486 e. The maximum Gasteiger partial charge on any atom is 0.195 e. The van der Waals surface area contributed by atoms with Gasteiger partial charge in [0.2, 0.25) is 0 Å². The van der Waals surface area contributed by atoms with Gasteiger partial charge in [0.25, 0.3) is 0 Å². The van der Waals surface area contributed by atoms with Crippen LogP contribution >= 0.6 is 0 Å². The van der Waals surface area contributed by atoms with Gasteiger partial charge in [0.1, 0.15) is 17.3 Å². The van der Waals surface area contributed by atoms with Crippen molar-refractivity contribution in [2.45, 2.75) is 23.2 Å². The van der Waals surface area contributed by atoms with Gasteiger partial charge in [0.15, 0.2) is 40.0 Å². The molecule has 3 aromatic carbocycles. The van der Waals surface area contributed by atoms with Gasteiger partial charge < -0.3 is 4.74 Å². The average Bonchev–Trinajstić information content (AvgIpc) is 3.56. The summed E-state index contributed by atoms with van der Waals surface area (Å²) in [6, 6.07) is 18.7. The molecular formula is C30H20N2O6. The van der Waals surface area contributed by atoms with Crippen molar-refractivity contribution >= 4 is 28.9 Å². The predicted octanol–water partition coefficient (Wildman–Crippen LogP) is 2.17. The Labute approximate surface area is 216 Å². The van der Waals surface area contributed by atoms with Crippen LogP contribution in [0, 0.1) is 5.41 Å². The number of nitrogens with zero attached hydrogens (tertiary/aromatic N) is 1. The van der Waals surface area contributed by atoms with Gasteiger partial charge >= 0.3 is 0 Å². The molecule has 0 amide bonds. The van der Waals surface area contributed by atoms with E-state index in [4.69, 9.17) is 4.74 Å². The van der Waals surface area contributed by atoms with Crippen LogP contribution in [0.5, 0.6) is 5.75 Å². The van der Waals surface area contributed by atoms with Crippen molar-refractivity contribution in [3.8, 4) is 5.75 Å². The summed E-state index contributed by atoms with van der Waals surface area (Å²) in [6.45, 7) is -0.107. The van der Waals surface area contributed by atoms with Crippen LogP contribution < -0.4 is 10.1 Å². The zero-order valence-electron chi connectivity index (χ0n) is 20.2. The highest BCUT2D eigenvalue weighted by Gasteiger charge is 2.86. The first-order chi connectivity index (χ1) is 18.3. The third kappa shape index (κ3) is 1.96. The Balaban J connectivity index is 1.44. The first-order valence-corrected chi connectivity index (χ1v) is 12.5. The molecule has 2 aliphatic carbocycles. The second-order valence-electron chi connectivity index (χ2n) is 10.7. The molecule has 0 unspecified atom stereocenters. The van der Waals surface area contributed by atoms with Crippen molar-refractivity contribution in [1.29, 1.82) is 0 Å². The molecule has 38 heavy (non-hydrogen) atoms. The van der Waals surface area contributed by atoms with E-state index in [1.165, 1.54) is 4.90 Å². The van der Waals surface area contributed by atoms with Gasteiger partial charge in [-0.15, -0.1) is 0 Å². The molecule has 0 bridgehead atoms. The van der Waals surface area contributed by atoms with E-state index < -0.39 is 51.8 Å². The number of hydrogen-bond donors (Lipinski definition) is 1. The smallest absolute Gasteiger partial charge is 0.195 e.